The van der Waals surface area contributed by atoms with Crippen molar-refractivity contribution in [3.63, 3.8) is 0 Å². The van der Waals surface area contributed by atoms with Gasteiger partial charge < -0.3 is 5.73 Å². The first-order chi connectivity index (χ1) is 4.41. The van der Waals surface area contributed by atoms with Crippen LogP contribution in [0.1, 0.15) is 45.4 Å². The van der Waals surface area contributed by atoms with Crippen LogP contribution >= 0.6 is 0 Å². The summed E-state index contributed by atoms with van der Waals surface area (Å²) in [7, 11) is 0. The smallest absolute Gasteiger partial charge is 0.677 e. The van der Waals surface area contributed by atoms with Crippen LogP contribution in [0.2, 0.25) is 0 Å². The van der Waals surface area contributed by atoms with E-state index in [-0.39, 0.29) is 58.2 Å². The Balaban J connectivity index is 0. The van der Waals surface area contributed by atoms with Crippen molar-refractivity contribution in [2.75, 3.05) is 6.54 Å². The third-order valence-corrected chi connectivity index (χ3v) is 1.53. The van der Waals surface area contributed by atoms with Crippen LogP contribution in [0.5, 0.6) is 0 Å². The van der Waals surface area contributed by atoms with Gasteiger partial charge in [-0.1, -0.05) is 45.4 Å². The molecule has 0 rings (SSSR count). The molecule has 0 saturated heterocycles. The van der Waals surface area contributed by atoms with Crippen molar-refractivity contribution < 1.29 is 58.2 Å². The van der Waals surface area contributed by atoms with E-state index in [9.17, 15) is 0 Å². The van der Waals surface area contributed by atoms with Crippen molar-refractivity contribution in [3.05, 3.63) is 5.73 Å². The second kappa shape index (κ2) is 13.4. The Labute approximate surface area is 114 Å². The SMILES string of the molecule is CCCCCCCC[NH-].[Rb+]. The molecule has 1 N–H and O–H groups in total. The first-order valence-electron chi connectivity index (χ1n) is 4.06. The van der Waals surface area contributed by atoms with Crippen molar-refractivity contribution in [2.24, 2.45) is 0 Å². The molecule has 0 heterocycles. The Morgan fingerprint density at radius 1 is 0.900 bits per heavy atom. The fraction of sp³-hybridized carbons (Fsp3) is 1.00. The van der Waals surface area contributed by atoms with E-state index in [1.807, 2.05) is 0 Å². The van der Waals surface area contributed by atoms with Crippen LogP contribution in [-0.4, -0.2) is 6.54 Å². The zero-order valence-electron chi connectivity index (χ0n) is 7.45. The third-order valence-electron chi connectivity index (χ3n) is 1.53. The molecule has 0 saturated carbocycles. The summed E-state index contributed by atoms with van der Waals surface area (Å²) in [6.45, 7) is 2.84. The topological polar surface area (TPSA) is 23.8 Å². The Morgan fingerprint density at radius 3 is 1.90 bits per heavy atom. The second-order valence-electron chi connectivity index (χ2n) is 2.52. The Morgan fingerprint density at radius 2 is 1.40 bits per heavy atom. The van der Waals surface area contributed by atoms with Gasteiger partial charge in [-0.2, -0.15) is 6.54 Å². The van der Waals surface area contributed by atoms with Gasteiger partial charge in [-0.05, 0) is 0 Å². The maximum Gasteiger partial charge on any atom is 1.00 e. The minimum Gasteiger partial charge on any atom is -0.677 e. The van der Waals surface area contributed by atoms with Crippen molar-refractivity contribution in [2.45, 2.75) is 45.4 Å². The zero-order chi connectivity index (χ0) is 6.95. The molecule has 0 aromatic rings. The predicted molar refractivity (Wildman–Crippen MR) is 42.6 cm³/mol. The van der Waals surface area contributed by atoms with Gasteiger partial charge in [0.15, 0.2) is 0 Å². The molecular formula is C8H18NRb. The maximum atomic E-state index is 6.88. The molecule has 10 heavy (non-hydrogen) atoms. The van der Waals surface area contributed by atoms with E-state index in [0.29, 0.717) is 6.54 Å². The maximum absolute atomic E-state index is 6.88. The molecule has 0 amide bonds. The standard InChI is InChI=1S/C8H18N.Rb/c1-2-3-4-5-6-7-8-9;/h9H,2-8H2,1H3;/q-1;+1. The zero-order valence-corrected chi connectivity index (χ0v) is 12.4. The van der Waals surface area contributed by atoms with Gasteiger partial charge >= 0.3 is 58.2 Å². The molecule has 0 fully saturated rings. The van der Waals surface area contributed by atoms with Crippen molar-refractivity contribution in [1.82, 2.24) is 0 Å². The Bertz CT molecular complexity index is 42.5. The van der Waals surface area contributed by atoms with Gasteiger partial charge in [0, 0.05) is 0 Å². The molecule has 0 aliphatic carbocycles. The van der Waals surface area contributed by atoms with Gasteiger partial charge in [0.25, 0.3) is 0 Å². The summed E-state index contributed by atoms with van der Waals surface area (Å²) in [6.07, 6.45) is 7.77. The molecule has 0 aromatic heterocycles. The fourth-order valence-electron chi connectivity index (χ4n) is 0.905. The third kappa shape index (κ3) is 12.4. The Hall–Kier alpha value is 1.77. The normalized spacial score (nSPS) is 9.00. The van der Waals surface area contributed by atoms with Gasteiger partial charge in [0.1, 0.15) is 0 Å². The van der Waals surface area contributed by atoms with Crippen LogP contribution in [0, 0.1) is 0 Å². The molecular weight excluding hydrogens is 196 g/mol. The van der Waals surface area contributed by atoms with E-state index in [4.69, 9.17) is 5.73 Å². The summed E-state index contributed by atoms with van der Waals surface area (Å²) >= 11 is 0. The van der Waals surface area contributed by atoms with E-state index in [1.165, 1.54) is 32.1 Å². The molecule has 0 aromatic carbocycles. The summed E-state index contributed by atoms with van der Waals surface area (Å²) in [5.41, 5.74) is 6.88. The summed E-state index contributed by atoms with van der Waals surface area (Å²) in [5.74, 6) is 0. The summed E-state index contributed by atoms with van der Waals surface area (Å²) in [5, 5.41) is 0. The molecule has 1 nitrogen and oxygen atoms in total. The largest absolute Gasteiger partial charge is 1.00 e. The van der Waals surface area contributed by atoms with Crippen LogP contribution in [0.15, 0.2) is 0 Å². The van der Waals surface area contributed by atoms with E-state index in [1.54, 1.807) is 0 Å². The summed E-state index contributed by atoms with van der Waals surface area (Å²) in [6, 6.07) is 0. The number of unbranched alkanes of at least 4 members (excludes halogenated alkanes) is 5. The predicted octanol–water partition coefficient (Wildman–Crippen LogP) is 0.403. The van der Waals surface area contributed by atoms with Gasteiger partial charge in [0.2, 0.25) is 0 Å². The number of rotatable bonds is 6. The van der Waals surface area contributed by atoms with Crippen LogP contribution in [0.3, 0.4) is 0 Å². The summed E-state index contributed by atoms with van der Waals surface area (Å²) in [4.78, 5) is 0. The van der Waals surface area contributed by atoms with Gasteiger partial charge in [0.05, 0.1) is 0 Å². The molecule has 0 aliphatic rings. The molecule has 0 unspecified atom stereocenters. The number of hydrogen-bond acceptors (Lipinski definition) is 0. The average molecular weight is 214 g/mol. The molecule has 0 radical (unpaired) electrons. The van der Waals surface area contributed by atoms with E-state index in [2.05, 4.69) is 6.92 Å². The van der Waals surface area contributed by atoms with Gasteiger partial charge in [-0.25, -0.2) is 0 Å². The van der Waals surface area contributed by atoms with Crippen LogP contribution in [0.4, 0.5) is 0 Å². The molecule has 0 atom stereocenters. The molecule has 2 heteroatoms. The molecule has 0 aliphatic heterocycles. The van der Waals surface area contributed by atoms with E-state index >= 15 is 0 Å². The van der Waals surface area contributed by atoms with Gasteiger partial charge in [-0.15, -0.1) is 0 Å². The second-order valence-corrected chi connectivity index (χ2v) is 2.52. The monoisotopic (exact) mass is 213 g/mol. The van der Waals surface area contributed by atoms with Crippen LogP contribution in [0.25, 0.3) is 5.73 Å². The van der Waals surface area contributed by atoms with Crippen molar-refractivity contribution in [3.8, 4) is 0 Å². The van der Waals surface area contributed by atoms with Crippen molar-refractivity contribution >= 4 is 0 Å². The fourth-order valence-corrected chi connectivity index (χ4v) is 0.905. The van der Waals surface area contributed by atoms with Crippen molar-refractivity contribution in [1.29, 1.82) is 0 Å². The Kier molecular flexibility index (Phi) is 19.1. The van der Waals surface area contributed by atoms with E-state index < -0.39 is 0 Å². The minimum absolute atomic E-state index is 0. The number of nitrogens with one attached hydrogen (secondary N) is 1. The molecule has 0 spiro atoms. The quantitative estimate of drug-likeness (QED) is 0.571. The van der Waals surface area contributed by atoms with E-state index in [0.717, 1.165) is 6.42 Å². The van der Waals surface area contributed by atoms with Gasteiger partial charge in [-0.3, -0.25) is 0 Å². The summed E-state index contributed by atoms with van der Waals surface area (Å²) < 4.78 is 0. The molecule has 56 valence electrons. The van der Waals surface area contributed by atoms with Crippen LogP contribution < -0.4 is 58.2 Å². The minimum atomic E-state index is 0. The molecule has 0 bridgehead atoms. The number of hydrogen-bond donors (Lipinski definition) is 0. The van der Waals surface area contributed by atoms with Crippen LogP contribution in [-0.2, 0) is 0 Å². The first kappa shape index (κ1) is 14.3. The average Bonchev–Trinajstić information content (AvgIpc) is 1.89. The first-order valence-corrected chi connectivity index (χ1v) is 4.06.